The Morgan fingerprint density at radius 2 is 1.89 bits per heavy atom. The van der Waals surface area contributed by atoms with Crippen molar-refractivity contribution in [1.82, 2.24) is 29.7 Å². The highest BCUT2D eigenvalue weighted by molar-refractivity contribution is 5.68. The summed E-state index contributed by atoms with van der Waals surface area (Å²) < 4.78 is 5.48. The van der Waals surface area contributed by atoms with E-state index in [1.807, 2.05) is 57.2 Å². The summed E-state index contributed by atoms with van der Waals surface area (Å²) in [5, 5.41) is 12.5. The van der Waals surface area contributed by atoms with Crippen LogP contribution in [0.2, 0.25) is 0 Å². The third-order valence-electron chi connectivity index (χ3n) is 5.72. The Morgan fingerprint density at radius 1 is 1.08 bits per heavy atom. The van der Waals surface area contributed by atoms with Crippen molar-refractivity contribution in [3.63, 3.8) is 0 Å². The number of hydrogen-bond acceptors (Lipinski definition) is 9. The first-order valence-corrected chi connectivity index (χ1v) is 12.1. The molecule has 36 heavy (non-hydrogen) atoms. The quantitative estimate of drug-likeness (QED) is 0.513. The molecule has 0 spiro atoms. The second-order valence-corrected chi connectivity index (χ2v) is 9.71. The zero-order valence-electron chi connectivity index (χ0n) is 21.0. The smallest absolute Gasteiger partial charge is 0.410 e. The van der Waals surface area contributed by atoms with E-state index in [9.17, 15) is 9.90 Å². The standard InChI is InChI=1S/C26H33N7O3/c1-26(2,3)36-25(35)33-13-11-32(12-14-33)10-8-21-16-20(7-9-27-21)23-28-18-29-24(31-23)30-22-6-4-5-19(15-22)17-34/h4-7,9,15-16,18,34H,8,10-14,17H2,1-3H3,(H,28,29,30,31). The minimum atomic E-state index is -0.481. The molecule has 2 aromatic heterocycles. The number of aliphatic hydroxyl groups is 1. The van der Waals surface area contributed by atoms with Gasteiger partial charge in [0.05, 0.1) is 6.61 Å². The number of carbonyl (C=O) groups is 1. The van der Waals surface area contributed by atoms with Gasteiger partial charge in [0.15, 0.2) is 5.82 Å². The van der Waals surface area contributed by atoms with Crippen LogP contribution < -0.4 is 5.32 Å². The minimum absolute atomic E-state index is 0.0306. The molecule has 10 heteroatoms. The molecule has 3 aromatic rings. The Kier molecular flexibility index (Phi) is 8.07. The second kappa shape index (κ2) is 11.4. The molecule has 1 amide bonds. The summed E-state index contributed by atoms with van der Waals surface area (Å²) in [7, 11) is 0. The fourth-order valence-corrected chi connectivity index (χ4v) is 3.88. The largest absolute Gasteiger partial charge is 0.444 e. The maximum Gasteiger partial charge on any atom is 0.410 e. The van der Waals surface area contributed by atoms with Gasteiger partial charge in [-0.1, -0.05) is 12.1 Å². The number of nitrogens with one attached hydrogen (secondary N) is 1. The second-order valence-electron chi connectivity index (χ2n) is 9.71. The monoisotopic (exact) mass is 491 g/mol. The fraction of sp³-hybridized carbons (Fsp3) is 0.423. The molecule has 1 fully saturated rings. The van der Waals surface area contributed by atoms with Crippen molar-refractivity contribution in [3.8, 4) is 11.4 Å². The summed E-state index contributed by atoms with van der Waals surface area (Å²) in [5.41, 5.74) is 2.93. The molecular formula is C26H33N7O3. The fourth-order valence-electron chi connectivity index (χ4n) is 3.88. The van der Waals surface area contributed by atoms with Gasteiger partial charge in [0.1, 0.15) is 11.9 Å². The van der Waals surface area contributed by atoms with Crippen molar-refractivity contribution in [1.29, 1.82) is 0 Å². The summed E-state index contributed by atoms with van der Waals surface area (Å²) in [4.78, 5) is 34.0. The predicted molar refractivity (Wildman–Crippen MR) is 137 cm³/mol. The van der Waals surface area contributed by atoms with E-state index in [1.165, 1.54) is 6.33 Å². The van der Waals surface area contributed by atoms with Crippen molar-refractivity contribution in [2.45, 2.75) is 39.4 Å². The van der Waals surface area contributed by atoms with Gasteiger partial charge in [0, 0.05) is 62.3 Å². The summed E-state index contributed by atoms with van der Waals surface area (Å²) in [5.74, 6) is 0.983. The number of anilines is 2. The van der Waals surface area contributed by atoms with Gasteiger partial charge in [-0.3, -0.25) is 9.88 Å². The van der Waals surface area contributed by atoms with Crippen LogP contribution in [0.25, 0.3) is 11.4 Å². The summed E-state index contributed by atoms with van der Waals surface area (Å²) >= 11 is 0. The van der Waals surface area contributed by atoms with E-state index in [2.05, 4.69) is 30.2 Å². The molecule has 0 saturated carbocycles. The van der Waals surface area contributed by atoms with Crippen LogP contribution in [0.15, 0.2) is 48.9 Å². The number of pyridine rings is 1. The molecule has 1 aromatic carbocycles. The summed E-state index contributed by atoms with van der Waals surface area (Å²) in [6.45, 7) is 9.39. The number of aromatic nitrogens is 4. The topological polar surface area (TPSA) is 117 Å². The van der Waals surface area contributed by atoms with Crippen LogP contribution in [0.1, 0.15) is 32.0 Å². The van der Waals surface area contributed by atoms with Crippen molar-refractivity contribution < 1.29 is 14.6 Å². The maximum absolute atomic E-state index is 12.3. The molecule has 1 aliphatic heterocycles. The molecule has 0 radical (unpaired) electrons. The number of ether oxygens (including phenoxy) is 1. The van der Waals surface area contributed by atoms with E-state index in [0.29, 0.717) is 24.9 Å². The van der Waals surface area contributed by atoms with Gasteiger partial charge in [-0.05, 0) is 50.6 Å². The van der Waals surface area contributed by atoms with Crippen LogP contribution in [0.3, 0.4) is 0 Å². The molecule has 0 aliphatic carbocycles. The number of rotatable bonds is 7. The molecule has 4 rings (SSSR count). The average Bonchev–Trinajstić information content (AvgIpc) is 2.87. The zero-order chi connectivity index (χ0) is 25.5. The molecule has 3 heterocycles. The number of carbonyl (C=O) groups excluding carboxylic acids is 1. The highest BCUT2D eigenvalue weighted by atomic mass is 16.6. The van der Waals surface area contributed by atoms with E-state index >= 15 is 0 Å². The van der Waals surface area contributed by atoms with Gasteiger partial charge in [0.25, 0.3) is 0 Å². The number of aliphatic hydroxyl groups excluding tert-OH is 1. The van der Waals surface area contributed by atoms with Gasteiger partial charge in [-0.2, -0.15) is 4.98 Å². The Bertz CT molecular complexity index is 1170. The molecule has 0 unspecified atom stereocenters. The first-order valence-electron chi connectivity index (χ1n) is 12.1. The minimum Gasteiger partial charge on any atom is -0.444 e. The predicted octanol–water partition coefficient (Wildman–Crippen LogP) is 3.26. The molecule has 2 N–H and O–H groups in total. The number of amides is 1. The van der Waals surface area contributed by atoms with E-state index in [4.69, 9.17) is 4.74 Å². The van der Waals surface area contributed by atoms with Crippen LogP contribution in [0, 0.1) is 0 Å². The van der Waals surface area contributed by atoms with Gasteiger partial charge in [-0.25, -0.2) is 14.8 Å². The van der Waals surface area contributed by atoms with Gasteiger partial charge in [0.2, 0.25) is 5.95 Å². The highest BCUT2D eigenvalue weighted by Gasteiger charge is 2.25. The Hall–Kier alpha value is -3.63. The van der Waals surface area contributed by atoms with Gasteiger partial charge < -0.3 is 20.1 Å². The molecule has 0 bridgehead atoms. The van der Waals surface area contributed by atoms with Gasteiger partial charge >= 0.3 is 6.09 Å². The Morgan fingerprint density at radius 3 is 2.64 bits per heavy atom. The third kappa shape index (κ3) is 7.19. The number of piperazine rings is 1. The highest BCUT2D eigenvalue weighted by Crippen LogP contribution is 2.19. The molecule has 1 aliphatic rings. The molecular weight excluding hydrogens is 458 g/mol. The van der Waals surface area contributed by atoms with E-state index in [1.54, 1.807) is 11.1 Å². The first-order chi connectivity index (χ1) is 17.3. The lowest BCUT2D eigenvalue weighted by atomic mass is 10.1. The average molecular weight is 492 g/mol. The lowest BCUT2D eigenvalue weighted by Gasteiger charge is -2.35. The number of nitrogens with zero attached hydrogens (tertiary/aromatic N) is 6. The summed E-state index contributed by atoms with van der Waals surface area (Å²) in [6, 6.07) is 11.3. The lowest BCUT2D eigenvalue weighted by molar-refractivity contribution is 0.0146. The van der Waals surface area contributed by atoms with Crippen molar-refractivity contribution >= 4 is 17.7 Å². The van der Waals surface area contributed by atoms with Crippen LogP contribution in [0.4, 0.5) is 16.4 Å². The van der Waals surface area contributed by atoms with Crippen molar-refractivity contribution in [3.05, 3.63) is 60.2 Å². The molecule has 10 nitrogen and oxygen atoms in total. The molecule has 0 atom stereocenters. The zero-order valence-corrected chi connectivity index (χ0v) is 21.0. The summed E-state index contributed by atoms with van der Waals surface area (Å²) in [6.07, 6.45) is 3.78. The number of hydrogen-bond donors (Lipinski definition) is 2. The van der Waals surface area contributed by atoms with E-state index < -0.39 is 5.60 Å². The van der Waals surface area contributed by atoms with Crippen LogP contribution >= 0.6 is 0 Å². The first kappa shape index (κ1) is 25.5. The Balaban J connectivity index is 1.33. The number of benzene rings is 1. The van der Waals surface area contributed by atoms with Gasteiger partial charge in [-0.15, -0.1) is 0 Å². The van der Waals surface area contributed by atoms with Crippen LogP contribution in [0.5, 0.6) is 0 Å². The molecule has 1 saturated heterocycles. The maximum atomic E-state index is 12.3. The third-order valence-corrected chi connectivity index (χ3v) is 5.72. The van der Waals surface area contributed by atoms with Crippen LogP contribution in [-0.2, 0) is 17.8 Å². The molecule has 190 valence electrons. The van der Waals surface area contributed by atoms with Crippen molar-refractivity contribution in [2.75, 3.05) is 38.0 Å². The normalized spacial score (nSPS) is 14.5. The lowest BCUT2D eigenvalue weighted by Crippen LogP contribution is -2.50. The van der Waals surface area contributed by atoms with E-state index in [-0.39, 0.29) is 12.7 Å². The van der Waals surface area contributed by atoms with Crippen LogP contribution in [-0.4, -0.2) is 79.3 Å². The Labute approximate surface area is 211 Å². The SMILES string of the molecule is CC(C)(C)OC(=O)N1CCN(CCc2cc(-c3ncnc(Nc4cccc(CO)c4)n3)ccn2)CC1. The van der Waals surface area contributed by atoms with E-state index in [0.717, 1.165) is 48.6 Å². The van der Waals surface area contributed by atoms with Crippen molar-refractivity contribution in [2.24, 2.45) is 0 Å².